The van der Waals surface area contributed by atoms with E-state index in [9.17, 15) is 13.2 Å². The van der Waals surface area contributed by atoms with Crippen LogP contribution in [-0.2, 0) is 16.6 Å². The number of rotatable bonds is 5. The average molecular weight is 309 g/mol. The van der Waals surface area contributed by atoms with Gasteiger partial charge in [0.1, 0.15) is 0 Å². The second-order valence-corrected chi connectivity index (χ2v) is 6.11. The number of nitrogens with one attached hydrogen (secondary N) is 1. The number of imidazole rings is 1. The van der Waals surface area contributed by atoms with Gasteiger partial charge in [0.25, 0.3) is 10.0 Å². The Morgan fingerprint density at radius 2 is 2.14 bits per heavy atom. The molecule has 7 nitrogen and oxygen atoms in total. The van der Waals surface area contributed by atoms with Gasteiger partial charge in [-0.1, -0.05) is 0 Å². The number of aryl methyl sites for hydroxylation is 2. The van der Waals surface area contributed by atoms with E-state index in [2.05, 4.69) is 9.71 Å². The molecule has 0 saturated heterocycles. The summed E-state index contributed by atoms with van der Waals surface area (Å²) in [5, 5.41) is 8.87. The Morgan fingerprint density at radius 1 is 1.43 bits per heavy atom. The first kappa shape index (κ1) is 15.0. The van der Waals surface area contributed by atoms with Gasteiger partial charge in [0.05, 0.1) is 11.9 Å². The van der Waals surface area contributed by atoms with Crippen LogP contribution in [0.5, 0.6) is 0 Å². The third-order valence-electron chi connectivity index (χ3n) is 2.96. The van der Waals surface area contributed by atoms with E-state index < -0.39 is 16.0 Å². The second kappa shape index (κ2) is 5.57. The highest BCUT2D eigenvalue weighted by atomic mass is 32.2. The highest BCUT2D eigenvalue weighted by Gasteiger charge is 2.18. The zero-order valence-electron chi connectivity index (χ0n) is 11.6. The molecule has 0 aliphatic carbocycles. The molecule has 0 aliphatic heterocycles. The number of carboxylic acids is 1. The van der Waals surface area contributed by atoms with Gasteiger partial charge >= 0.3 is 5.97 Å². The number of benzene rings is 1. The standard InChI is InChI=1S/C13H15N3O4S/c1-3-16-7-12(14-8-16)21(19,20)15-10-4-5-11(13(17)18)9(2)6-10/h4-8,15H,3H2,1-2H3,(H,17,18). The summed E-state index contributed by atoms with van der Waals surface area (Å²) < 4.78 is 28.3. The average Bonchev–Trinajstić information content (AvgIpc) is 2.87. The molecule has 1 aromatic carbocycles. The Labute approximate surface area is 122 Å². The molecule has 0 saturated carbocycles. The molecule has 1 aromatic heterocycles. The first-order valence-electron chi connectivity index (χ1n) is 6.22. The van der Waals surface area contributed by atoms with Crippen molar-refractivity contribution >= 4 is 21.7 Å². The SMILES string of the molecule is CCn1cnc(S(=O)(=O)Nc2ccc(C(=O)O)c(C)c2)c1. The van der Waals surface area contributed by atoms with Gasteiger partial charge in [-0.15, -0.1) is 0 Å². The highest BCUT2D eigenvalue weighted by Crippen LogP contribution is 2.18. The predicted octanol–water partition coefficient (Wildman–Crippen LogP) is 1.71. The zero-order chi connectivity index (χ0) is 15.6. The van der Waals surface area contributed by atoms with Crippen LogP contribution < -0.4 is 4.72 Å². The number of aromatic carboxylic acids is 1. The molecule has 21 heavy (non-hydrogen) atoms. The first-order chi connectivity index (χ1) is 9.83. The van der Waals surface area contributed by atoms with Crippen LogP contribution in [0.25, 0.3) is 0 Å². The smallest absolute Gasteiger partial charge is 0.335 e. The van der Waals surface area contributed by atoms with Crippen molar-refractivity contribution in [2.75, 3.05) is 4.72 Å². The minimum Gasteiger partial charge on any atom is -0.478 e. The lowest BCUT2D eigenvalue weighted by Gasteiger charge is -2.08. The van der Waals surface area contributed by atoms with Gasteiger partial charge in [-0.3, -0.25) is 4.72 Å². The lowest BCUT2D eigenvalue weighted by molar-refractivity contribution is 0.0696. The maximum absolute atomic E-state index is 12.2. The fourth-order valence-corrected chi connectivity index (χ4v) is 2.83. The normalized spacial score (nSPS) is 11.3. The van der Waals surface area contributed by atoms with E-state index in [4.69, 9.17) is 5.11 Å². The van der Waals surface area contributed by atoms with Gasteiger partial charge in [0, 0.05) is 18.4 Å². The second-order valence-electron chi connectivity index (χ2n) is 4.48. The van der Waals surface area contributed by atoms with Crippen molar-refractivity contribution in [2.45, 2.75) is 25.4 Å². The van der Waals surface area contributed by atoms with Gasteiger partial charge in [-0.2, -0.15) is 8.42 Å². The number of nitrogens with zero attached hydrogens (tertiary/aromatic N) is 2. The fraction of sp³-hybridized carbons (Fsp3) is 0.231. The predicted molar refractivity (Wildman–Crippen MR) is 76.8 cm³/mol. The Morgan fingerprint density at radius 3 is 2.67 bits per heavy atom. The van der Waals surface area contributed by atoms with E-state index in [1.807, 2.05) is 6.92 Å². The van der Waals surface area contributed by atoms with E-state index in [1.54, 1.807) is 11.5 Å². The summed E-state index contributed by atoms with van der Waals surface area (Å²) in [5.41, 5.74) is 0.901. The Balaban J connectivity index is 2.28. The molecule has 1 heterocycles. The van der Waals surface area contributed by atoms with Crippen LogP contribution in [0.3, 0.4) is 0 Å². The summed E-state index contributed by atoms with van der Waals surface area (Å²) in [5.74, 6) is -1.05. The highest BCUT2D eigenvalue weighted by molar-refractivity contribution is 7.92. The minimum atomic E-state index is -3.78. The molecular formula is C13H15N3O4S. The maximum atomic E-state index is 12.2. The van der Waals surface area contributed by atoms with Crippen LogP contribution in [0, 0.1) is 6.92 Å². The van der Waals surface area contributed by atoms with E-state index in [-0.39, 0.29) is 10.6 Å². The van der Waals surface area contributed by atoms with Crippen LogP contribution in [-0.4, -0.2) is 29.0 Å². The minimum absolute atomic E-state index is 0.0793. The Hall–Kier alpha value is -2.35. The Kier molecular flexibility index (Phi) is 3.99. The lowest BCUT2D eigenvalue weighted by Crippen LogP contribution is -2.14. The van der Waals surface area contributed by atoms with Crippen molar-refractivity contribution in [2.24, 2.45) is 0 Å². The molecule has 2 aromatic rings. The van der Waals surface area contributed by atoms with E-state index >= 15 is 0 Å². The number of sulfonamides is 1. The lowest BCUT2D eigenvalue weighted by atomic mass is 10.1. The molecule has 8 heteroatoms. The van der Waals surface area contributed by atoms with E-state index in [0.717, 1.165) is 0 Å². The topological polar surface area (TPSA) is 101 Å². The van der Waals surface area contributed by atoms with Crippen molar-refractivity contribution < 1.29 is 18.3 Å². The molecule has 2 N–H and O–H groups in total. The van der Waals surface area contributed by atoms with Gasteiger partial charge in [-0.25, -0.2) is 9.78 Å². The maximum Gasteiger partial charge on any atom is 0.335 e. The molecule has 0 fully saturated rings. The zero-order valence-corrected chi connectivity index (χ0v) is 12.4. The van der Waals surface area contributed by atoms with Gasteiger partial charge in [0.15, 0.2) is 5.03 Å². The molecule has 0 bridgehead atoms. The van der Waals surface area contributed by atoms with E-state index in [1.165, 1.54) is 30.7 Å². The van der Waals surface area contributed by atoms with E-state index in [0.29, 0.717) is 17.8 Å². The van der Waals surface area contributed by atoms with Crippen molar-refractivity contribution in [1.29, 1.82) is 0 Å². The number of anilines is 1. The van der Waals surface area contributed by atoms with Crippen LogP contribution in [0.4, 0.5) is 5.69 Å². The number of hydrogen-bond acceptors (Lipinski definition) is 4. The molecule has 0 aliphatic rings. The molecule has 0 spiro atoms. The number of carbonyl (C=O) groups is 1. The summed E-state index contributed by atoms with van der Waals surface area (Å²) in [6.45, 7) is 4.10. The quantitative estimate of drug-likeness (QED) is 0.875. The molecule has 0 amide bonds. The van der Waals surface area contributed by atoms with Gasteiger partial charge in [0.2, 0.25) is 0 Å². The largest absolute Gasteiger partial charge is 0.478 e. The molecule has 2 rings (SSSR count). The summed E-state index contributed by atoms with van der Waals surface area (Å²) in [6.07, 6.45) is 2.87. The monoisotopic (exact) mass is 309 g/mol. The van der Waals surface area contributed by atoms with Crippen molar-refractivity contribution in [3.63, 3.8) is 0 Å². The van der Waals surface area contributed by atoms with Crippen LogP contribution in [0.15, 0.2) is 35.7 Å². The van der Waals surface area contributed by atoms with Crippen LogP contribution >= 0.6 is 0 Å². The van der Waals surface area contributed by atoms with Crippen molar-refractivity contribution in [3.8, 4) is 0 Å². The fourth-order valence-electron chi connectivity index (χ4n) is 1.83. The van der Waals surface area contributed by atoms with Gasteiger partial charge in [-0.05, 0) is 37.6 Å². The van der Waals surface area contributed by atoms with Crippen LogP contribution in [0.1, 0.15) is 22.8 Å². The number of carboxylic acid groups (broad SMARTS) is 1. The number of hydrogen-bond donors (Lipinski definition) is 2. The van der Waals surface area contributed by atoms with Gasteiger partial charge < -0.3 is 9.67 Å². The third kappa shape index (κ3) is 3.22. The third-order valence-corrected chi connectivity index (χ3v) is 4.22. The summed E-state index contributed by atoms with van der Waals surface area (Å²) in [4.78, 5) is 14.8. The summed E-state index contributed by atoms with van der Waals surface area (Å²) in [6, 6.07) is 4.24. The van der Waals surface area contributed by atoms with Crippen molar-refractivity contribution in [3.05, 3.63) is 41.9 Å². The Bertz CT molecular complexity index is 780. The van der Waals surface area contributed by atoms with Crippen LogP contribution in [0.2, 0.25) is 0 Å². The molecule has 112 valence electrons. The molecular weight excluding hydrogens is 294 g/mol. The summed E-state index contributed by atoms with van der Waals surface area (Å²) >= 11 is 0. The van der Waals surface area contributed by atoms with Crippen molar-refractivity contribution in [1.82, 2.24) is 9.55 Å². The molecule has 0 atom stereocenters. The summed E-state index contributed by atoms with van der Waals surface area (Å²) in [7, 11) is -3.78. The number of aromatic nitrogens is 2. The molecule has 0 unspecified atom stereocenters. The molecule has 0 radical (unpaired) electrons. The first-order valence-corrected chi connectivity index (χ1v) is 7.70.